The predicted molar refractivity (Wildman–Crippen MR) is 86.4 cm³/mol. The van der Waals surface area contributed by atoms with Crippen molar-refractivity contribution >= 4 is 28.8 Å². The maximum atomic E-state index is 11.6. The predicted octanol–water partition coefficient (Wildman–Crippen LogP) is 3.93. The number of para-hydroxylation sites is 1. The second kappa shape index (κ2) is 5.72. The first-order chi connectivity index (χ1) is 10.1. The number of aromatic carboxylic acids is 1. The first-order valence-electron chi connectivity index (χ1n) is 7.41. The van der Waals surface area contributed by atoms with E-state index >= 15 is 0 Å². The number of nitrogens with zero attached hydrogens (tertiary/aromatic N) is 2. The van der Waals surface area contributed by atoms with Crippen molar-refractivity contribution in [3.05, 3.63) is 29.6 Å². The van der Waals surface area contributed by atoms with Crippen LogP contribution >= 0.6 is 11.8 Å². The second-order valence-corrected chi connectivity index (χ2v) is 6.99. The van der Waals surface area contributed by atoms with Gasteiger partial charge in [-0.15, -0.1) is 0 Å². The monoisotopic (exact) mass is 304 g/mol. The summed E-state index contributed by atoms with van der Waals surface area (Å²) in [6.45, 7) is 4.24. The Kier molecular flexibility index (Phi) is 3.93. The van der Waals surface area contributed by atoms with E-state index in [-0.39, 0.29) is 5.92 Å². The molecule has 0 amide bonds. The highest BCUT2D eigenvalue weighted by atomic mass is 32.2. The van der Waals surface area contributed by atoms with Crippen molar-refractivity contribution in [1.82, 2.24) is 9.55 Å². The fraction of sp³-hybridized carbons (Fsp3) is 0.500. The number of thioether (sulfide) groups is 1. The molecule has 1 atom stereocenters. The third-order valence-corrected chi connectivity index (χ3v) is 5.18. The number of hydrogen-bond donors (Lipinski definition) is 1. The summed E-state index contributed by atoms with van der Waals surface area (Å²) in [5.41, 5.74) is 1.96. The third kappa shape index (κ3) is 2.55. The Labute approximate surface area is 128 Å². The maximum Gasteiger partial charge on any atom is 0.337 e. The number of imidazole rings is 1. The van der Waals surface area contributed by atoms with Gasteiger partial charge in [0.05, 0.1) is 16.6 Å². The summed E-state index contributed by atoms with van der Waals surface area (Å²) in [7, 11) is 0. The van der Waals surface area contributed by atoms with Gasteiger partial charge >= 0.3 is 5.97 Å². The number of fused-ring (bicyclic) bond motifs is 1. The van der Waals surface area contributed by atoms with Crippen LogP contribution in [0.5, 0.6) is 0 Å². The van der Waals surface area contributed by atoms with Gasteiger partial charge in [-0.05, 0) is 30.7 Å². The van der Waals surface area contributed by atoms with E-state index in [1.807, 2.05) is 17.8 Å². The topological polar surface area (TPSA) is 55.1 Å². The van der Waals surface area contributed by atoms with Crippen LogP contribution in [0.3, 0.4) is 0 Å². The van der Waals surface area contributed by atoms with Crippen molar-refractivity contribution in [3.63, 3.8) is 0 Å². The third-order valence-electron chi connectivity index (χ3n) is 3.99. The van der Waals surface area contributed by atoms with E-state index in [4.69, 9.17) is 4.98 Å². The molecule has 1 N–H and O–H groups in total. The highest BCUT2D eigenvalue weighted by Gasteiger charge is 2.25. The summed E-state index contributed by atoms with van der Waals surface area (Å²) in [6.07, 6.45) is 2.29. The molecule has 0 radical (unpaired) electrons. The molecule has 21 heavy (non-hydrogen) atoms. The van der Waals surface area contributed by atoms with Gasteiger partial charge < -0.3 is 9.67 Å². The van der Waals surface area contributed by atoms with Crippen LogP contribution in [-0.2, 0) is 0 Å². The molecule has 1 saturated heterocycles. The number of carboxylic acid groups (broad SMARTS) is 1. The van der Waals surface area contributed by atoms with Gasteiger partial charge in [-0.25, -0.2) is 9.78 Å². The summed E-state index contributed by atoms with van der Waals surface area (Å²) in [5, 5.41) is 9.51. The molecule has 112 valence electrons. The van der Waals surface area contributed by atoms with Crippen molar-refractivity contribution in [1.29, 1.82) is 0 Å². The van der Waals surface area contributed by atoms with Gasteiger partial charge in [-0.1, -0.05) is 19.9 Å². The van der Waals surface area contributed by atoms with Crippen molar-refractivity contribution < 1.29 is 9.90 Å². The smallest absolute Gasteiger partial charge is 0.337 e. The normalized spacial score (nSPS) is 19.3. The molecule has 2 heterocycles. The Morgan fingerprint density at radius 1 is 1.48 bits per heavy atom. The SMILES string of the molecule is CC(C)c1nc2cccc(C(=O)O)c2n1C1CCCSC1. The highest BCUT2D eigenvalue weighted by Crippen LogP contribution is 2.34. The molecule has 1 aliphatic rings. The lowest BCUT2D eigenvalue weighted by molar-refractivity contribution is 0.0698. The van der Waals surface area contributed by atoms with E-state index in [2.05, 4.69) is 18.4 Å². The minimum absolute atomic E-state index is 0.283. The maximum absolute atomic E-state index is 11.6. The van der Waals surface area contributed by atoms with Crippen LogP contribution in [0.4, 0.5) is 0 Å². The van der Waals surface area contributed by atoms with Crippen molar-refractivity contribution in [2.75, 3.05) is 11.5 Å². The minimum Gasteiger partial charge on any atom is -0.478 e. The van der Waals surface area contributed by atoms with Crippen LogP contribution in [0.25, 0.3) is 11.0 Å². The number of carboxylic acids is 1. The number of benzene rings is 1. The Hall–Kier alpha value is -1.49. The standard InChI is InChI=1S/C16H20N2O2S/c1-10(2)15-17-13-7-3-6-12(16(19)20)14(13)18(15)11-5-4-8-21-9-11/h3,6-7,10-11H,4-5,8-9H2,1-2H3,(H,19,20). The largest absolute Gasteiger partial charge is 0.478 e. The molecule has 1 fully saturated rings. The lowest BCUT2D eigenvalue weighted by Gasteiger charge is -2.26. The number of aromatic nitrogens is 2. The van der Waals surface area contributed by atoms with Crippen molar-refractivity contribution in [2.45, 2.75) is 38.6 Å². The summed E-state index contributed by atoms with van der Waals surface area (Å²) in [6, 6.07) is 5.73. The lowest BCUT2D eigenvalue weighted by atomic mass is 10.1. The van der Waals surface area contributed by atoms with Crippen LogP contribution in [0.15, 0.2) is 18.2 Å². The fourth-order valence-electron chi connectivity index (χ4n) is 3.04. The second-order valence-electron chi connectivity index (χ2n) is 5.84. The zero-order valence-corrected chi connectivity index (χ0v) is 13.2. The molecule has 1 unspecified atom stereocenters. The molecule has 4 nitrogen and oxygen atoms in total. The van der Waals surface area contributed by atoms with Gasteiger partial charge in [0.25, 0.3) is 0 Å². The van der Waals surface area contributed by atoms with E-state index in [1.54, 1.807) is 12.1 Å². The molecule has 0 bridgehead atoms. The summed E-state index contributed by atoms with van der Waals surface area (Å²) >= 11 is 1.95. The van der Waals surface area contributed by atoms with Crippen LogP contribution in [0, 0.1) is 0 Å². The molecule has 1 aromatic carbocycles. The number of rotatable bonds is 3. The van der Waals surface area contributed by atoms with E-state index in [0.29, 0.717) is 11.6 Å². The van der Waals surface area contributed by atoms with Gasteiger partial charge in [-0.3, -0.25) is 0 Å². The van der Waals surface area contributed by atoms with Crippen molar-refractivity contribution in [3.8, 4) is 0 Å². The molecular formula is C16H20N2O2S. The Morgan fingerprint density at radius 3 is 2.90 bits per heavy atom. The highest BCUT2D eigenvalue weighted by molar-refractivity contribution is 7.99. The molecule has 2 aromatic rings. The van der Waals surface area contributed by atoms with Gasteiger partial charge in [0.2, 0.25) is 0 Å². The van der Waals surface area contributed by atoms with Gasteiger partial charge in [0.1, 0.15) is 5.82 Å². The van der Waals surface area contributed by atoms with E-state index < -0.39 is 5.97 Å². The first kappa shape index (κ1) is 14.4. The van der Waals surface area contributed by atoms with Gasteiger partial charge in [0, 0.05) is 17.7 Å². The van der Waals surface area contributed by atoms with Crippen LogP contribution in [-0.4, -0.2) is 32.1 Å². The lowest BCUT2D eigenvalue weighted by Crippen LogP contribution is -2.20. The average molecular weight is 304 g/mol. The molecule has 0 aliphatic carbocycles. The Bertz CT molecular complexity index is 672. The summed E-state index contributed by atoms with van der Waals surface area (Å²) in [4.78, 5) is 16.3. The Morgan fingerprint density at radius 2 is 2.29 bits per heavy atom. The summed E-state index contributed by atoms with van der Waals surface area (Å²) < 4.78 is 2.20. The van der Waals surface area contributed by atoms with Crippen LogP contribution in [0.2, 0.25) is 0 Å². The van der Waals surface area contributed by atoms with Crippen LogP contribution < -0.4 is 0 Å². The van der Waals surface area contributed by atoms with Crippen molar-refractivity contribution in [2.24, 2.45) is 0 Å². The van der Waals surface area contributed by atoms with E-state index in [0.717, 1.165) is 29.0 Å². The molecule has 1 aromatic heterocycles. The molecule has 0 saturated carbocycles. The zero-order chi connectivity index (χ0) is 15.0. The van der Waals surface area contributed by atoms with E-state index in [9.17, 15) is 9.90 Å². The number of hydrogen-bond acceptors (Lipinski definition) is 3. The molecule has 1 aliphatic heterocycles. The Balaban J connectivity index is 2.26. The molecule has 5 heteroatoms. The summed E-state index contributed by atoms with van der Waals surface area (Å²) in [5.74, 6) is 2.66. The molecule has 0 spiro atoms. The van der Waals surface area contributed by atoms with Gasteiger partial charge in [-0.2, -0.15) is 11.8 Å². The quantitative estimate of drug-likeness (QED) is 0.933. The first-order valence-corrected chi connectivity index (χ1v) is 8.57. The minimum atomic E-state index is -0.875. The number of carbonyl (C=O) groups is 1. The van der Waals surface area contributed by atoms with Crippen LogP contribution in [0.1, 0.15) is 54.8 Å². The zero-order valence-electron chi connectivity index (χ0n) is 12.4. The molecule has 3 rings (SSSR count). The molecular weight excluding hydrogens is 284 g/mol. The van der Waals surface area contributed by atoms with E-state index in [1.165, 1.54) is 12.2 Å². The van der Waals surface area contributed by atoms with Gasteiger partial charge in [0.15, 0.2) is 0 Å². The fourth-order valence-corrected chi connectivity index (χ4v) is 4.17. The average Bonchev–Trinajstić information content (AvgIpc) is 2.87.